The number of carbonyl (C=O) groups excluding carboxylic acids is 1. The molecular weight excluding hydrogens is 679 g/mol. The number of rotatable bonds is 7. The molecule has 7 rings (SSSR count). The second kappa shape index (κ2) is 12.3. The Morgan fingerprint density at radius 3 is 2.62 bits per heavy atom. The van der Waals surface area contributed by atoms with E-state index in [9.17, 15) is 14.4 Å². The number of fused-ring (bicyclic) bond motifs is 3. The Morgan fingerprint density at radius 2 is 1.96 bits per heavy atom. The Labute approximate surface area is 287 Å². The summed E-state index contributed by atoms with van der Waals surface area (Å²) in [6, 6.07) is 3.40. The lowest BCUT2D eigenvalue weighted by molar-refractivity contribution is -0.137. The number of thiophene rings is 1. The lowest BCUT2D eigenvalue weighted by Gasteiger charge is -2.33. The maximum Gasteiger partial charge on any atom is 0.417 e. The van der Waals surface area contributed by atoms with E-state index in [2.05, 4.69) is 14.9 Å². The highest BCUT2D eigenvalue weighted by molar-refractivity contribution is 7.23. The zero-order valence-electron chi connectivity index (χ0n) is 27.2. The number of halogens is 5. The number of nitrogen functional groups attached to an aromatic ring is 1. The minimum atomic E-state index is -5.11. The van der Waals surface area contributed by atoms with Crippen molar-refractivity contribution in [2.45, 2.75) is 62.8 Å². The Bertz CT molecular complexity index is 2090. The van der Waals surface area contributed by atoms with E-state index >= 15 is 17.6 Å². The van der Waals surface area contributed by atoms with Gasteiger partial charge >= 0.3 is 12.2 Å². The highest BCUT2D eigenvalue weighted by Gasteiger charge is 2.45. The standard InChI is InChI=1S/C34H33F5N8O2S/c1-17-23(7-12-47(17)24(48)15-41)45(2)31-19-13-21(34(37,38)39)26(18-5-6-22(35)29-25(18)20(14-40)30(42)50-29)27(36)28(19)43-32(44-31)49-16-33-8-3-10-46(33)11-4-9-33/h5-6,13,15,17,23,41H,3-4,7-12,16,42H2,1-2H3/t17-,23-/m1/s1. The number of alkyl halides is 3. The van der Waals surface area contributed by atoms with Gasteiger partial charge in [-0.25, -0.2) is 8.78 Å². The van der Waals surface area contributed by atoms with Gasteiger partial charge in [0.2, 0.25) is 0 Å². The van der Waals surface area contributed by atoms with E-state index < -0.39 is 52.4 Å². The van der Waals surface area contributed by atoms with Crippen LogP contribution in [0.4, 0.5) is 32.8 Å². The number of ether oxygens (including phenoxy) is 1. The Hall–Kier alpha value is -4.62. The molecule has 50 heavy (non-hydrogen) atoms. The number of nitrogens with one attached hydrogen (secondary N) is 1. The number of likely N-dealkylation sites (tertiary alicyclic amines) is 1. The Kier molecular flexibility index (Phi) is 8.33. The van der Waals surface area contributed by atoms with Gasteiger partial charge in [0, 0.05) is 36.0 Å². The van der Waals surface area contributed by atoms with E-state index in [-0.39, 0.29) is 55.6 Å². The number of carbonyl (C=O) groups is 1. The summed E-state index contributed by atoms with van der Waals surface area (Å²) in [7, 11) is 1.61. The molecule has 4 aromatic rings. The van der Waals surface area contributed by atoms with Crippen molar-refractivity contribution in [1.29, 1.82) is 10.7 Å². The van der Waals surface area contributed by atoms with E-state index in [4.69, 9.17) is 15.9 Å². The Morgan fingerprint density at radius 1 is 1.24 bits per heavy atom. The zero-order chi connectivity index (χ0) is 35.7. The summed E-state index contributed by atoms with van der Waals surface area (Å²) in [5, 5.41) is 16.7. The molecule has 0 aliphatic carbocycles. The van der Waals surface area contributed by atoms with Crippen molar-refractivity contribution < 1.29 is 31.5 Å². The first kappa shape index (κ1) is 33.9. The largest absolute Gasteiger partial charge is 0.461 e. The predicted molar refractivity (Wildman–Crippen MR) is 179 cm³/mol. The van der Waals surface area contributed by atoms with Crippen molar-refractivity contribution >= 4 is 55.3 Å². The number of anilines is 2. The van der Waals surface area contributed by atoms with E-state index in [0.717, 1.165) is 57.0 Å². The van der Waals surface area contributed by atoms with Crippen LogP contribution in [0.1, 0.15) is 50.2 Å². The van der Waals surface area contributed by atoms with Gasteiger partial charge in [0.05, 0.1) is 33.6 Å². The van der Waals surface area contributed by atoms with Crippen LogP contribution in [0.5, 0.6) is 6.01 Å². The number of nitrogens with two attached hydrogens (primary N) is 1. The van der Waals surface area contributed by atoms with Crippen LogP contribution in [0.3, 0.4) is 0 Å². The molecule has 2 atom stereocenters. The van der Waals surface area contributed by atoms with Crippen molar-refractivity contribution in [3.05, 3.63) is 41.0 Å². The molecule has 0 unspecified atom stereocenters. The second-order valence-electron chi connectivity index (χ2n) is 13.2. The summed E-state index contributed by atoms with van der Waals surface area (Å²) in [4.78, 5) is 26.8. The van der Waals surface area contributed by atoms with Crippen molar-refractivity contribution in [2.24, 2.45) is 0 Å². The van der Waals surface area contributed by atoms with E-state index in [1.165, 1.54) is 4.90 Å². The normalized spacial score (nSPS) is 20.4. The summed E-state index contributed by atoms with van der Waals surface area (Å²) in [6.07, 6.45) is -0.228. The molecule has 16 heteroatoms. The van der Waals surface area contributed by atoms with Crippen molar-refractivity contribution in [3.63, 3.8) is 0 Å². The van der Waals surface area contributed by atoms with Crippen LogP contribution in [0.2, 0.25) is 0 Å². The van der Waals surface area contributed by atoms with Gasteiger partial charge in [-0.15, -0.1) is 11.3 Å². The molecule has 3 saturated heterocycles. The van der Waals surface area contributed by atoms with Crippen molar-refractivity contribution in [2.75, 3.05) is 43.9 Å². The molecule has 3 aliphatic heterocycles. The molecule has 3 aliphatic rings. The molecule has 10 nitrogen and oxygen atoms in total. The SMILES string of the molecule is C[C@@H]1[C@H](N(C)c2nc(OCC34CCCN3CCC4)nc3c(F)c(-c4ccc(F)c5sc(N)c(C#N)c45)c(C(F)(F)F)cc23)CCN1C(=O)C=N. The number of benzene rings is 2. The van der Waals surface area contributed by atoms with Gasteiger partial charge in [0.25, 0.3) is 5.91 Å². The summed E-state index contributed by atoms with van der Waals surface area (Å²) in [5.41, 5.74) is 2.38. The van der Waals surface area contributed by atoms with Gasteiger partial charge in [-0.3, -0.25) is 9.69 Å². The molecule has 5 heterocycles. The number of amides is 1. The van der Waals surface area contributed by atoms with Gasteiger partial charge in [-0.1, -0.05) is 6.07 Å². The maximum absolute atomic E-state index is 17.1. The molecule has 0 saturated carbocycles. The van der Waals surface area contributed by atoms with E-state index in [0.29, 0.717) is 30.5 Å². The van der Waals surface area contributed by atoms with Gasteiger partial charge in [0.15, 0.2) is 5.82 Å². The average molecular weight is 713 g/mol. The van der Waals surface area contributed by atoms with E-state index in [1.54, 1.807) is 18.9 Å². The smallest absolute Gasteiger partial charge is 0.417 e. The maximum atomic E-state index is 17.1. The van der Waals surface area contributed by atoms with Gasteiger partial charge in [0.1, 0.15) is 34.8 Å². The first-order valence-electron chi connectivity index (χ1n) is 16.2. The highest BCUT2D eigenvalue weighted by Crippen LogP contribution is 2.48. The minimum absolute atomic E-state index is 0.0316. The number of likely N-dealkylation sites (N-methyl/N-ethyl adjacent to an activating group) is 1. The number of aromatic nitrogens is 2. The molecule has 1 amide bonds. The quantitative estimate of drug-likeness (QED) is 0.167. The van der Waals surface area contributed by atoms with Gasteiger partial charge < -0.3 is 25.7 Å². The van der Waals surface area contributed by atoms with Crippen LogP contribution in [-0.2, 0) is 11.0 Å². The third-order valence-corrected chi connectivity index (χ3v) is 11.7. The first-order valence-corrected chi connectivity index (χ1v) is 17.1. The van der Waals surface area contributed by atoms with Crippen LogP contribution < -0.4 is 15.4 Å². The zero-order valence-corrected chi connectivity index (χ0v) is 28.0. The minimum Gasteiger partial charge on any atom is -0.461 e. The second-order valence-corrected chi connectivity index (χ2v) is 14.2. The summed E-state index contributed by atoms with van der Waals surface area (Å²) in [6.45, 7) is 4.11. The third-order valence-electron chi connectivity index (χ3n) is 10.6. The molecule has 2 aromatic carbocycles. The Balaban J connectivity index is 1.45. The monoisotopic (exact) mass is 712 g/mol. The lowest BCUT2D eigenvalue weighted by atomic mass is 9.92. The van der Waals surface area contributed by atoms with Crippen molar-refractivity contribution in [3.8, 4) is 23.2 Å². The fourth-order valence-corrected chi connectivity index (χ4v) is 9.12. The number of nitrogens with zero attached hydrogens (tertiary/aromatic N) is 6. The molecule has 3 N–H and O–H groups in total. The van der Waals surface area contributed by atoms with E-state index in [1.807, 2.05) is 6.07 Å². The van der Waals surface area contributed by atoms with Crippen LogP contribution >= 0.6 is 11.3 Å². The first-order chi connectivity index (χ1) is 23.8. The summed E-state index contributed by atoms with van der Waals surface area (Å²) in [5.74, 6) is -2.70. The molecule has 0 radical (unpaired) electrons. The molecule has 3 fully saturated rings. The molecule has 0 bridgehead atoms. The molecule has 2 aromatic heterocycles. The van der Waals surface area contributed by atoms with Crippen LogP contribution in [-0.4, -0.2) is 82.8 Å². The van der Waals surface area contributed by atoms with Crippen LogP contribution in [0.25, 0.3) is 32.1 Å². The fraction of sp³-hybridized carbons (Fsp3) is 0.441. The topological polar surface area (TPSA) is 135 Å². The number of hydrogen-bond acceptors (Lipinski definition) is 10. The van der Waals surface area contributed by atoms with Crippen molar-refractivity contribution in [1.82, 2.24) is 19.8 Å². The van der Waals surface area contributed by atoms with Crippen LogP contribution in [0.15, 0.2) is 18.2 Å². The lowest BCUT2D eigenvalue weighted by Crippen LogP contribution is -2.44. The summed E-state index contributed by atoms with van der Waals surface area (Å²) < 4.78 is 83.1. The number of nitriles is 1. The fourth-order valence-electron chi connectivity index (χ4n) is 8.17. The molecule has 262 valence electrons. The number of hydrogen-bond donors (Lipinski definition) is 2. The third kappa shape index (κ3) is 5.29. The highest BCUT2D eigenvalue weighted by atomic mass is 32.1. The average Bonchev–Trinajstić information content (AvgIpc) is 3.85. The van der Waals surface area contributed by atoms with Crippen LogP contribution in [0, 0.1) is 28.4 Å². The predicted octanol–water partition coefficient (Wildman–Crippen LogP) is 6.34. The molecule has 0 spiro atoms. The molecular formula is C34H33F5N8O2S. The van der Waals surface area contributed by atoms with Gasteiger partial charge in [-0.05, 0) is 69.8 Å². The van der Waals surface area contributed by atoms with Gasteiger partial charge in [-0.2, -0.15) is 28.4 Å². The summed E-state index contributed by atoms with van der Waals surface area (Å²) >= 11 is 0.692.